The molecule has 0 unspecified atom stereocenters. The number of benzene rings is 19. The summed E-state index contributed by atoms with van der Waals surface area (Å²) in [5.74, 6) is 1.58. The fourth-order valence-electron chi connectivity index (χ4n) is 20.8. The summed E-state index contributed by atoms with van der Waals surface area (Å²) in [5.41, 5.74) is 31.9. The number of ether oxygens (including phenoxy) is 1. The molecule has 22 aromatic rings. The largest absolute Gasteiger partial charge is 0.458 e. The molecule has 19 aromatic carbocycles. The highest BCUT2D eigenvalue weighted by Gasteiger charge is 2.50. The first-order chi connectivity index (χ1) is 62.1. The average Bonchev–Trinajstić information content (AvgIpc) is 0.751. The molecule has 0 atom stereocenters. The maximum Gasteiger partial charge on any atom is 0.256 e. The van der Waals surface area contributed by atoms with Gasteiger partial charge >= 0.3 is 0 Å². The molecule has 0 saturated heterocycles. The zero-order chi connectivity index (χ0) is 81.9. The quantitative estimate of drug-likeness (QED) is 0.107. The first-order valence-corrected chi connectivity index (χ1v) is 45.2. The number of nitrogens with zero attached hydrogens (tertiary/aromatic N) is 5. The van der Waals surface area contributed by atoms with Gasteiger partial charge in [0.2, 0.25) is 0 Å². The second-order valence-corrected chi connectivity index (χ2v) is 35.9. The van der Waals surface area contributed by atoms with Gasteiger partial charge in [-0.25, -0.2) is 0 Å². The van der Waals surface area contributed by atoms with Crippen molar-refractivity contribution >= 4 is 226 Å². The van der Waals surface area contributed by atoms with Gasteiger partial charge in [-0.3, -0.25) is 0 Å². The molecule has 7 heterocycles. The van der Waals surface area contributed by atoms with Gasteiger partial charge in [0.25, 0.3) is 13.4 Å². The van der Waals surface area contributed by atoms with Gasteiger partial charge in [0, 0.05) is 126 Å². The number of anilines is 15. The van der Waals surface area contributed by atoms with Crippen molar-refractivity contribution in [3.05, 3.63) is 431 Å². The van der Waals surface area contributed by atoms with E-state index < -0.39 is 0 Å². The molecule has 4 aliphatic heterocycles. The van der Waals surface area contributed by atoms with Gasteiger partial charge in [-0.15, -0.1) is 34.0 Å². The lowest BCUT2D eigenvalue weighted by molar-refractivity contribution is 0.488. The Morgan fingerprint density at radius 3 is 1.02 bits per heavy atom. The fourth-order valence-corrected chi connectivity index (χ4v) is 24.4. The molecule has 0 fully saturated rings. The second-order valence-electron chi connectivity index (χ2n) is 32.8. The third kappa shape index (κ3) is 11.1. The fraction of sp³-hybridized carbons (Fsp3) is 0. The maximum absolute atomic E-state index is 8.34. The Morgan fingerprint density at radius 2 is 0.560 bits per heavy atom. The molecule has 6 nitrogen and oxygen atoms in total. The highest BCUT2D eigenvalue weighted by Crippen LogP contribution is 2.58. The van der Waals surface area contributed by atoms with Crippen LogP contribution in [-0.4, -0.2) is 13.4 Å². The van der Waals surface area contributed by atoms with Crippen LogP contribution >= 0.6 is 34.0 Å². The maximum atomic E-state index is 8.34. The van der Waals surface area contributed by atoms with Crippen LogP contribution in [0.15, 0.2) is 431 Å². The minimum absolute atomic E-state index is 0.333. The molecule has 0 amide bonds. The van der Waals surface area contributed by atoms with Crippen molar-refractivity contribution in [1.82, 2.24) is 0 Å². The van der Waals surface area contributed by atoms with Crippen LogP contribution in [0.3, 0.4) is 0 Å². The minimum atomic E-state index is -0.337. The van der Waals surface area contributed by atoms with E-state index in [4.69, 9.17) is 4.74 Å². The summed E-state index contributed by atoms with van der Waals surface area (Å²) in [6, 6.07) is 161. The lowest BCUT2D eigenvalue weighted by Crippen LogP contribution is -2.64. The molecular weight excluding hydrogens is 1570 g/mol. The van der Waals surface area contributed by atoms with Crippen molar-refractivity contribution in [2.75, 3.05) is 24.5 Å². The van der Waals surface area contributed by atoms with Gasteiger partial charge in [-0.1, -0.05) is 328 Å². The van der Waals surface area contributed by atoms with E-state index in [-0.39, 0.29) is 13.4 Å². The van der Waals surface area contributed by atoms with Crippen LogP contribution in [0.1, 0.15) is 0 Å². The first-order valence-electron chi connectivity index (χ1n) is 42.8. The number of fused-ring (bicyclic) bond motifs is 17. The molecule has 4 aliphatic rings. The standard InChI is InChI=1S/C114H71B2N5OS3/c1-7-34-72(35-8-1)80-49-29-50-81(73-36-9-2-10-37-73)110(80)120-94-58-24-22-56-90(94)115-92-70-93-103(71-99(92)119(98-62-33-55-89-86-48-21-28-65-107(86)125-114(89)98)100-66-78(67-101(120)108(100)115)117(76-42-15-5-16-43-76)96-60-31-53-87-84-46-19-26-63-105(84)123-112(87)96)122-104-69-79(118(77-44-17-6-18-45-77)97-61-32-54-88-85-47-20-27-64-106(85)124-113(88)97)68-102-109(104)116(93)91-57-23-25-59-95(91)121(102)111-82(74-38-11-3-12-39-74)51-30-52-83(111)75-40-13-4-14-41-75/h1-71H. The Bertz CT molecular complexity index is 8030. The van der Waals surface area contributed by atoms with Crippen molar-refractivity contribution in [1.29, 1.82) is 0 Å². The molecule has 0 radical (unpaired) electrons. The van der Waals surface area contributed by atoms with Crippen LogP contribution in [0.2, 0.25) is 0 Å². The van der Waals surface area contributed by atoms with Gasteiger partial charge in [0.1, 0.15) is 11.5 Å². The molecule has 0 N–H and O–H groups in total. The SMILES string of the molecule is c1ccc(-c2cccc(-c3ccccc3)c2N2c3ccccc3B3c4cc5c(cc4Oc4cc(N(c6ccccc6)c6cccc7c6sc6ccccc67)cc2c43)N(c2cccc3c2sc2ccccc23)c2cc(N(c3ccccc3)c3cccc4c3sc3ccccc34)cc3c2B5c2ccccc2N3c2c(-c3ccccc3)cccc2-c2ccccc2)cc1. The third-order valence-corrected chi connectivity index (χ3v) is 29.6. The zero-order valence-corrected chi connectivity index (χ0v) is 70.0. The van der Waals surface area contributed by atoms with Gasteiger partial charge in [-0.2, -0.15) is 0 Å². The van der Waals surface area contributed by atoms with Crippen LogP contribution in [-0.2, 0) is 0 Å². The minimum Gasteiger partial charge on any atom is -0.458 e. The van der Waals surface area contributed by atoms with E-state index in [9.17, 15) is 0 Å². The smallest absolute Gasteiger partial charge is 0.256 e. The zero-order valence-electron chi connectivity index (χ0n) is 67.5. The predicted molar refractivity (Wildman–Crippen MR) is 536 cm³/mol. The van der Waals surface area contributed by atoms with Crippen molar-refractivity contribution in [2.24, 2.45) is 0 Å². The Balaban J connectivity index is 0.791. The predicted octanol–water partition coefficient (Wildman–Crippen LogP) is 28.9. The van der Waals surface area contributed by atoms with Crippen LogP contribution in [0.5, 0.6) is 11.5 Å². The van der Waals surface area contributed by atoms with Crippen molar-refractivity contribution in [3.8, 4) is 56.0 Å². The van der Waals surface area contributed by atoms with Crippen LogP contribution < -0.4 is 62.0 Å². The number of rotatable bonds is 13. The Labute approximate surface area is 736 Å². The normalized spacial score (nSPS) is 12.8. The second kappa shape index (κ2) is 28.7. The van der Waals surface area contributed by atoms with Crippen LogP contribution in [0, 0.1) is 0 Å². The number of hydrogen-bond acceptors (Lipinski definition) is 9. The number of thiophene rings is 3. The average molecular weight is 1640 g/mol. The topological polar surface area (TPSA) is 25.4 Å². The van der Waals surface area contributed by atoms with E-state index in [0.717, 1.165) is 152 Å². The summed E-state index contributed by atoms with van der Waals surface area (Å²) in [7, 11) is 0. The molecule has 0 saturated carbocycles. The van der Waals surface area contributed by atoms with Gasteiger partial charge in [-0.05, 0) is 146 Å². The molecule has 125 heavy (non-hydrogen) atoms. The van der Waals surface area contributed by atoms with Crippen molar-refractivity contribution < 1.29 is 4.74 Å². The van der Waals surface area contributed by atoms with Gasteiger partial charge < -0.3 is 29.2 Å². The number of para-hydroxylation sites is 6. The molecule has 582 valence electrons. The Morgan fingerprint density at radius 1 is 0.216 bits per heavy atom. The molecule has 0 spiro atoms. The summed E-state index contributed by atoms with van der Waals surface area (Å²) in [6.45, 7) is -0.670. The highest BCUT2D eigenvalue weighted by atomic mass is 32.1. The van der Waals surface area contributed by atoms with Crippen LogP contribution in [0.4, 0.5) is 85.3 Å². The monoisotopic (exact) mass is 1640 g/mol. The molecular formula is C114H71B2N5OS3. The van der Waals surface area contributed by atoms with Crippen LogP contribution in [0.25, 0.3) is 105 Å². The molecule has 0 aliphatic carbocycles. The van der Waals surface area contributed by atoms with E-state index in [0.29, 0.717) is 0 Å². The molecule has 26 rings (SSSR count). The summed E-state index contributed by atoms with van der Waals surface area (Å²) in [4.78, 5) is 13.0. The van der Waals surface area contributed by atoms with E-state index in [2.05, 4.69) is 455 Å². The Hall–Kier alpha value is -15.2. The summed E-state index contributed by atoms with van der Waals surface area (Å²) in [5, 5.41) is 7.38. The molecule has 11 heteroatoms. The lowest BCUT2D eigenvalue weighted by Gasteiger charge is -2.46. The third-order valence-electron chi connectivity index (χ3n) is 26.0. The lowest BCUT2D eigenvalue weighted by atomic mass is 9.30. The van der Waals surface area contributed by atoms with Gasteiger partial charge in [0.05, 0.1) is 53.9 Å². The van der Waals surface area contributed by atoms with E-state index >= 15 is 0 Å². The van der Waals surface area contributed by atoms with Crippen molar-refractivity contribution in [3.63, 3.8) is 0 Å². The van der Waals surface area contributed by atoms with E-state index in [1.165, 1.54) is 82.4 Å². The van der Waals surface area contributed by atoms with E-state index in [1.807, 2.05) is 34.0 Å². The van der Waals surface area contributed by atoms with E-state index in [1.54, 1.807) is 0 Å². The molecule has 0 bridgehead atoms. The Kier molecular flexibility index (Phi) is 16.4. The first kappa shape index (κ1) is 71.5. The van der Waals surface area contributed by atoms with Crippen molar-refractivity contribution in [2.45, 2.75) is 0 Å². The summed E-state index contributed by atoms with van der Waals surface area (Å²) in [6.07, 6.45) is 0. The summed E-state index contributed by atoms with van der Waals surface area (Å²) < 4.78 is 15.7. The highest BCUT2D eigenvalue weighted by molar-refractivity contribution is 7.27. The summed E-state index contributed by atoms with van der Waals surface area (Å²) >= 11 is 5.59. The van der Waals surface area contributed by atoms with Gasteiger partial charge in [0.15, 0.2) is 0 Å². The molecule has 3 aromatic heterocycles. The number of hydrogen-bond donors (Lipinski definition) is 0.